The van der Waals surface area contributed by atoms with Crippen molar-refractivity contribution in [2.45, 2.75) is 33.0 Å². The Morgan fingerprint density at radius 1 is 1.42 bits per heavy atom. The topological polar surface area (TPSA) is 72.8 Å². The van der Waals surface area contributed by atoms with E-state index >= 15 is 0 Å². The highest BCUT2D eigenvalue weighted by Gasteiger charge is 2.40. The molecule has 2 atom stereocenters. The lowest BCUT2D eigenvalue weighted by Crippen LogP contribution is -2.30. The molecule has 1 aliphatic heterocycles. The zero-order chi connectivity index (χ0) is 14.2. The SMILES string of the molecule is CCOC(=O)[C@@H](O)[C@@H]1OC(=O)c2cc(C)c(C)cc21. The Hall–Kier alpha value is -1.88. The molecule has 0 amide bonds. The lowest BCUT2D eigenvalue weighted by atomic mass is 9.96. The van der Waals surface area contributed by atoms with Crippen LogP contribution in [0.3, 0.4) is 0 Å². The van der Waals surface area contributed by atoms with E-state index in [0.29, 0.717) is 11.1 Å². The van der Waals surface area contributed by atoms with Crippen molar-refractivity contribution >= 4 is 11.9 Å². The lowest BCUT2D eigenvalue weighted by molar-refractivity contribution is -0.159. The summed E-state index contributed by atoms with van der Waals surface area (Å²) in [6.07, 6.45) is -2.48. The number of rotatable bonds is 3. The predicted molar refractivity (Wildman–Crippen MR) is 66.7 cm³/mol. The van der Waals surface area contributed by atoms with E-state index in [9.17, 15) is 14.7 Å². The first-order valence-corrected chi connectivity index (χ1v) is 6.12. The second-order valence-electron chi connectivity index (χ2n) is 4.55. The van der Waals surface area contributed by atoms with Crippen molar-refractivity contribution < 1.29 is 24.2 Å². The van der Waals surface area contributed by atoms with Gasteiger partial charge in [-0.25, -0.2) is 9.59 Å². The number of aryl methyl sites for hydroxylation is 2. The number of ether oxygens (including phenoxy) is 2. The van der Waals surface area contributed by atoms with Crippen LogP contribution in [0, 0.1) is 13.8 Å². The molecule has 0 radical (unpaired) electrons. The Kier molecular flexibility index (Phi) is 3.57. The van der Waals surface area contributed by atoms with Crippen LogP contribution in [-0.4, -0.2) is 29.8 Å². The highest BCUT2D eigenvalue weighted by Crippen LogP contribution is 2.35. The molecule has 0 saturated heterocycles. The molecule has 5 heteroatoms. The number of benzene rings is 1. The van der Waals surface area contributed by atoms with Gasteiger partial charge < -0.3 is 14.6 Å². The summed E-state index contributed by atoms with van der Waals surface area (Å²) in [5.74, 6) is -1.31. The second-order valence-corrected chi connectivity index (χ2v) is 4.55. The van der Waals surface area contributed by atoms with Crippen LogP contribution in [-0.2, 0) is 14.3 Å². The smallest absolute Gasteiger partial charge is 0.339 e. The van der Waals surface area contributed by atoms with Crippen molar-refractivity contribution in [3.8, 4) is 0 Å². The molecule has 1 aliphatic rings. The first-order chi connectivity index (χ1) is 8.95. The Labute approximate surface area is 111 Å². The molecule has 0 saturated carbocycles. The number of fused-ring (bicyclic) bond motifs is 1. The molecule has 1 N–H and O–H groups in total. The number of hydrogen-bond donors (Lipinski definition) is 1. The van der Waals surface area contributed by atoms with Crippen molar-refractivity contribution in [2.24, 2.45) is 0 Å². The highest BCUT2D eigenvalue weighted by atomic mass is 16.6. The first kappa shape index (κ1) is 13.5. The van der Waals surface area contributed by atoms with E-state index in [-0.39, 0.29) is 6.61 Å². The first-order valence-electron chi connectivity index (χ1n) is 6.12. The average molecular weight is 264 g/mol. The third kappa shape index (κ3) is 2.33. The minimum absolute atomic E-state index is 0.163. The molecule has 1 aromatic rings. The zero-order valence-corrected chi connectivity index (χ0v) is 11.1. The van der Waals surface area contributed by atoms with Crippen molar-refractivity contribution in [1.29, 1.82) is 0 Å². The van der Waals surface area contributed by atoms with Gasteiger partial charge in [-0.2, -0.15) is 0 Å². The van der Waals surface area contributed by atoms with Crippen LogP contribution in [0.15, 0.2) is 12.1 Å². The Morgan fingerprint density at radius 3 is 2.68 bits per heavy atom. The normalized spacial score (nSPS) is 18.7. The highest BCUT2D eigenvalue weighted by molar-refractivity contribution is 5.95. The Balaban J connectivity index is 2.36. The predicted octanol–water partition coefficient (Wildman–Crippen LogP) is 1.44. The number of esters is 2. The fourth-order valence-electron chi connectivity index (χ4n) is 2.08. The summed E-state index contributed by atoms with van der Waals surface area (Å²) in [5, 5.41) is 9.92. The van der Waals surface area contributed by atoms with Gasteiger partial charge in [-0.05, 0) is 38.0 Å². The summed E-state index contributed by atoms with van der Waals surface area (Å²) in [6.45, 7) is 5.59. The maximum atomic E-state index is 11.7. The van der Waals surface area contributed by atoms with Crippen molar-refractivity contribution in [3.63, 3.8) is 0 Å². The van der Waals surface area contributed by atoms with Gasteiger partial charge in [-0.3, -0.25) is 0 Å². The molecule has 19 heavy (non-hydrogen) atoms. The maximum absolute atomic E-state index is 11.7. The van der Waals surface area contributed by atoms with E-state index in [0.717, 1.165) is 11.1 Å². The van der Waals surface area contributed by atoms with E-state index in [4.69, 9.17) is 9.47 Å². The number of cyclic esters (lactones) is 1. The molecule has 0 aliphatic carbocycles. The summed E-state index contributed by atoms with van der Waals surface area (Å²) < 4.78 is 9.82. The molecule has 1 heterocycles. The molecule has 5 nitrogen and oxygen atoms in total. The Bertz CT molecular complexity index is 535. The van der Waals surface area contributed by atoms with E-state index < -0.39 is 24.1 Å². The monoisotopic (exact) mass is 264 g/mol. The fourth-order valence-corrected chi connectivity index (χ4v) is 2.08. The molecule has 1 aromatic carbocycles. The number of hydrogen-bond acceptors (Lipinski definition) is 5. The van der Waals surface area contributed by atoms with Gasteiger partial charge in [0, 0.05) is 5.56 Å². The summed E-state index contributed by atoms with van der Waals surface area (Å²) in [4.78, 5) is 23.3. The number of carbonyl (C=O) groups is 2. The largest absolute Gasteiger partial charge is 0.464 e. The van der Waals surface area contributed by atoms with Crippen molar-refractivity contribution in [1.82, 2.24) is 0 Å². The lowest BCUT2D eigenvalue weighted by Gasteiger charge is -2.16. The maximum Gasteiger partial charge on any atom is 0.339 e. The van der Waals surface area contributed by atoms with Crippen LogP contribution in [0.4, 0.5) is 0 Å². The van der Waals surface area contributed by atoms with Gasteiger partial charge in [0.1, 0.15) is 0 Å². The van der Waals surface area contributed by atoms with Gasteiger partial charge >= 0.3 is 11.9 Å². The molecular weight excluding hydrogens is 248 g/mol. The summed E-state index contributed by atoms with van der Waals surface area (Å²) in [7, 11) is 0. The molecular formula is C14H16O5. The van der Waals surface area contributed by atoms with E-state index in [1.165, 1.54) is 0 Å². The molecule has 0 aromatic heterocycles. The van der Waals surface area contributed by atoms with Gasteiger partial charge in [0.15, 0.2) is 12.2 Å². The van der Waals surface area contributed by atoms with Crippen LogP contribution in [0.2, 0.25) is 0 Å². The fraction of sp³-hybridized carbons (Fsp3) is 0.429. The van der Waals surface area contributed by atoms with Crippen LogP contribution >= 0.6 is 0 Å². The van der Waals surface area contributed by atoms with Gasteiger partial charge in [-0.15, -0.1) is 0 Å². The molecule has 0 bridgehead atoms. The summed E-state index contributed by atoms with van der Waals surface area (Å²) >= 11 is 0. The molecule has 2 rings (SSSR count). The van der Waals surface area contributed by atoms with Gasteiger partial charge in [-0.1, -0.05) is 6.07 Å². The standard InChI is InChI=1S/C14H16O5/c1-4-18-14(17)11(15)12-9-5-7(2)8(3)6-10(9)13(16)19-12/h5-6,11-12,15H,4H2,1-3H3/t11-,12+/m0/s1. The number of aliphatic hydroxyl groups is 1. The molecule has 0 spiro atoms. The van der Waals surface area contributed by atoms with Crippen LogP contribution in [0.1, 0.15) is 40.1 Å². The molecule has 102 valence electrons. The third-order valence-corrected chi connectivity index (χ3v) is 3.24. The van der Waals surface area contributed by atoms with Crippen molar-refractivity contribution in [2.75, 3.05) is 6.61 Å². The average Bonchev–Trinajstić information content (AvgIpc) is 2.67. The van der Waals surface area contributed by atoms with E-state index in [2.05, 4.69) is 0 Å². The van der Waals surface area contributed by atoms with Gasteiger partial charge in [0.25, 0.3) is 0 Å². The number of carbonyl (C=O) groups excluding carboxylic acids is 2. The second kappa shape index (κ2) is 5.01. The van der Waals surface area contributed by atoms with E-state index in [1.54, 1.807) is 19.1 Å². The minimum atomic E-state index is -1.49. The van der Waals surface area contributed by atoms with Crippen LogP contribution in [0.25, 0.3) is 0 Å². The Morgan fingerprint density at radius 2 is 2.05 bits per heavy atom. The summed E-state index contributed by atoms with van der Waals surface area (Å²) in [5.41, 5.74) is 2.87. The quantitative estimate of drug-likeness (QED) is 0.836. The van der Waals surface area contributed by atoms with E-state index in [1.807, 2.05) is 13.8 Å². The van der Waals surface area contributed by atoms with Gasteiger partial charge in [0.2, 0.25) is 0 Å². The minimum Gasteiger partial charge on any atom is -0.464 e. The number of aliphatic hydroxyl groups excluding tert-OH is 1. The summed E-state index contributed by atoms with van der Waals surface area (Å²) in [6, 6.07) is 3.48. The van der Waals surface area contributed by atoms with Crippen LogP contribution < -0.4 is 0 Å². The third-order valence-electron chi connectivity index (χ3n) is 3.24. The van der Waals surface area contributed by atoms with Crippen molar-refractivity contribution in [3.05, 3.63) is 34.4 Å². The van der Waals surface area contributed by atoms with Gasteiger partial charge in [0.05, 0.1) is 12.2 Å². The molecule has 0 fully saturated rings. The zero-order valence-electron chi connectivity index (χ0n) is 11.1. The molecule has 0 unspecified atom stereocenters. The van der Waals surface area contributed by atoms with Crippen LogP contribution in [0.5, 0.6) is 0 Å².